The topological polar surface area (TPSA) is 74.1 Å². The molecule has 0 amide bonds. The van der Waals surface area contributed by atoms with Crippen LogP contribution < -0.4 is 0 Å². The van der Waals surface area contributed by atoms with Gasteiger partial charge in [-0.2, -0.15) is 0 Å². The Bertz CT molecular complexity index is 1180. The number of esters is 1. The zero-order valence-electron chi connectivity index (χ0n) is 16.6. The highest BCUT2D eigenvalue weighted by Gasteiger charge is 2.12. The third-order valence-electron chi connectivity index (χ3n) is 4.96. The van der Waals surface area contributed by atoms with E-state index < -0.39 is 5.97 Å². The summed E-state index contributed by atoms with van der Waals surface area (Å²) in [7, 11) is 0. The number of hydrogen-bond acceptors (Lipinski definition) is 5. The van der Waals surface area contributed by atoms with Crippen LogP contribution in [0.25, 0.3) is 11.0 Å². The van der Waals surface area contributed by atoms with E-state index >= 15 is 0 Å². The number of carbonyl (C=O) groups is 2. The summed E-state index contributed by atoms with van der Waals surface area (Å²) < 4.78 is 7.00. The minimum absolute atomic E-state index is 0.222. The van der Waals surface area contributed by atoms with Gasteiger partial charge in [0.15, 0.2) is 12.4 Å². The van der Waals surface area contributed by atoms with Gasteiger partial charge in [-0.15, -0.1) is 5.10 Å². The van der Waals surface area contributed by atoms with Gasteiger partial charge in [-0.1, -0.05) is 60.7 Å². The molecular formula is C24H21N3O3. The first-order valence-electron chi connectivity index (χ1n) is 9.80. The van der Waals surface area contributed by atoms with Crippen molar-refractivity contribution in [1.82, 2.24) is 15.0 Å². The second kappa shape index (κ2) is 8.69. The molecule has 0 N–H and O–H groups in total. The van der Waals surface area contributed by atoms with Gasteiger partial charge in [-0.05, 0) is 41.8 Å². The van der Waals surface area contributed by atoms with Gasteiger partial charge in [0.05, 0.1) is 17.6 Å². The Kier molecular flexibility index (Phi) is 5.66. The Labute approximate surface area is 174 Å². The lowest BCUT2D eigenvalue weighted by molar-refractivity contribution is 0.0474. The monoisotopic (exact) mass is 399 g/mol. The van der Waals surface area contributed by atoms with Crippen LogP contribution in [0.2, 0.25) is 0 Å². The fourth-order valence-electron chi connectivity index (χ4n) is 3.18. The normalized spacial score (nSPS) is 10.8. The maximum absolute atomic E-state index is 12.3. The van der Waals surface area contributed by atoms with Gasteiger partial charge >= 0.3 is 5.97 Å². The predicted octanol–water partition coefficient (Wildman–Crippen LogP) is 4.08. The van der Waals surface area contributed by atoms with Gasteiger partial charge in [0.2, 0.25) is 0 Å². The van der Waals surface area contributed by atoms with Crippen LogP contribution in [0, 0.1) is 0 Å². The van der Waals surface area contributed by atoms with E-state index in [-0.39, 0.29) is 12.4 Å². The quantitative estimate of drug-likeness (QED) is 0.346. The Hall–Kier alpha value is -3.80. The summed E-state index contributed by atoms with van der Waals surface area (Å²) in [6, 6.07) is 22.2. The molecule has 150 valence electrons. The van der Waals surface area contributed by atoms with E-state index in [0.29, 0.717) is 17.7 Å². The number of fused-ring (bicyclic) bond motifs is 1. The third kappa shape index (κ3) is 4.27. The summed E-state index contributed by atoms with van der Waals surface area (Å²) in [5, 5.41) is 8.32. The van der Waals surface area contributed by atoms with Crippen LogP contribution >= 0.6 is 0 Å². The minimum atomic E-state index is -0.522. The van der Waals surface area contributed by atoms with Crippen molar-refractivity contribution < 1.29 is 14.3 Å². The van der Waals surface area contributed by atoms with Crippen molar-refractivity contribution in [2.75, 3.05) is 6.61 Å². The van der Waals surface area contributed by atoms with E-state index in [2.05, 4.69) is 17.2 Å². The summed E-state index contributed by atoms with van der Waals surface area (Å²) in [6.45, 7) is 2.32. The number of hydrogen-bond donors (Lipinski definition) is 0. The first-order chi connectivity index (χ1) is 14.6. The molecule has 0 atom stereocenters. The van der Waals surface area contributed by atoms with Crippen LogP contribution in [0.4, 0.5) is 0 Å². The summed E-state index contributed by atoms with van der Waals surface area (Å²) in [5.41, 5.74) is 4.86. The number of aryl methyl sites for hydroxylation is 1. The zero-order chi connectivity index (χ0) is 20.9. The van der Waals surface area contributed by atoms with Crippen LogP contribution in [0.5, 0.6) is 0 Å². The fraction of sp³-hybridized carbons (Fsp3) is 0.167. The summed E-state index contributed by atoms with van der Waals surface area (Å²) in [5.74, 6) is -0.744. The molecule has 0 aliphatic rings. The maximum atomic E-state index is 12.3. The second-order valence-electron chi connectivity index (χ2n) is 6.98. The number of ketones is 1. The SMILES string of the molecule is CCc1ccc(C(=O)COC(=O)c2ccc(Cn3nnc4ccccc43)cc2)cc1. The Morgan fingerprint density at radius 3 is 2.27 bits per heavy atom. The van der Waals surface area contributed by atoms with Crippen LogP contribution in [-0.4, -0.2) is 33.4 Å². The predicted molar refractivity (Wildman–Crippen MR) is 114 cm³/mol. The zero-order valence-corrected chi connectivity index (χ0v) is 16.6. The first-order valence-corrected chi connectivity index (χ1v) is 9.80. The molecule has 3 aromatic carbocycles. The van der Waals surface area contributed by atoms with E-state index in [0.717, 1.165) is 28.6 Å². The van der Waals surface area contributed by atoms with Gasteiger partial charge in [0.25, 0.3) is 0 Å². The van der Waals surface area contributed by atoms with Crippen molar-refractivity contribution in [3.63, 3.8) is 0 Å². The number of aromatic nitrogens is 3. The number of Topliss-reactive ketones (excluding diaryl/α,β-unsaturated/α-hetero) is 1. The molecule has 0 bridgehead atoms. The van der Waals surface area contributed by atoms with E-state index in [4.69, 9.17) is 4.74 Å². The fourth-order valence-corrected chi connectivity index (χ4v) is 3.18. The molecule has 30 heavy (non-hydrogen) atoms. The molecule has 0 saturated heterocycles. The van der Waals surface area contributed by atoms with E-state index in [1.165, 1.54) is 0 Å². The van der Waals surface area contributed by atoms with Gasteiger partial charge < -0.3 is 4.74 Å². The van der Waals surface area contributed by atoms with Crippen molar-refractivity contribution in [1.29, 1.82) is 0 Å². The number of rotatable bonds is 7. The Balaban J connectivity index is 1.36. The molecule has 6 heteroatoms. The number of benzene rings is 3. The average Bonchev–Trinajstić information content (AvgIpc) is 3.20. The van der Waals surface area contributed by atoms with Crippen molar-refractivity contribution >= 4 is 22.8 Å². The smallest absolute Gasteiger partial charge is 0.338 e. The van der Waals surface area contributed by atoms with Crippen molar-refractivity contribution in [3.8, 4) is 0 Å². The van der Waals surface area contributed by atoms with E-state index in [1.54, 1.807) is 24.3 Å². The average molecular weight is 399 g/mol. The van der Waals surface area contributed by atoms with Crippen LogP contribution in [0.15, 0.2) is 72.8 Å². The number of ether oxygens (including phenoxy) is 1. The highest BCUT2D eigenvalue weighted by atomic mass is 16.5. The molecule has 0 aliphatic heterocycles. The molecule has 1 aromatic heterocycles. The summed E-state index contributed by atoms with van der Waals surface area (Å²) >= 11 is 0. The van der Waals surface area contributed by atoms with Gasteiger partial charge in [0.1, 0.15) is 5.52 Å². The first kappa shape index (κ1) is 19.5. The lowest BCUT2D eigenvalue weighted by Crippen LogP contribution is -2.14. The third-order valence-corrected chi connectivity index (χ3v) is 4.96. The van der Waals surface area contributed by atoms with Gasteiger partial charge in [0, 0.05) is 5.56 Å². The van der Waals surface area contributed by atoms with Crippen LogP contribution in [0.1, 0.15) is 38.8 Å². The molecule has 0 unspecified atom stereocenters. The standard InChI is InChI=1S/C24H21N3O3/c1-2-17-7-11-19(12-8-17)23(28)16-30-24(29)20-13-9-18(10-14-20)15-27-22-6-4-3-5-21(22)25-26-27/h3-14H,2,15-16H2,1H3. The van der Waals surface area contributed by atoms with Crippen molar-refractivity contribution in [2.45, 2.75) is 19.9 Å². The van der Waals surface area contributed by atoms with E-state index in [9.17, 15) is 9.59 Å². The number of para-hydroxylation sites is 1. The largest absolute Gasteiger partial charge is 0.454 e. The highest BCUT2D eigenvalue weighted by molar-refractivity contribution is 5.99. The number of carbonyl (C=O) groups excluding carboxylic acids is 2. The highest BCUT2D eigenvalue weighted by Crippen LogP contribution is 2.13. The van der Waals surface area contributed by atoms with Crippen molar-refractivity contribution in [3.05, 3.63) is 95.1 Å². The molecule has 0 aliphatic carbocycles. The molecular weight excluding hydrogens is 378 g/mol. The van der Waals surface area contributed by atoms with Crippen LogP contribution in [0.3, 0.4) is 0 Å². The van der Waals surface area contributed by atoms with Gasteiger partial charge in [-0.25, -0.2) is 9.48 Å². The molecule has 4 rings (SSSR count). The molecule has 1 heterocycles. The maximum Gasteiger partial charge on any atom is 0.338 e. The van der Waals surface area contributed by atoms with Gasteiger partial charge in [-0.3, -0.25) is 4.79 Å². The molecule has 0 saturated carbocycles. The van der Waals surface area contributed by atoms with Crippen LogP contribution in [-0.2, 0) is 17.7 Å². The molecule has 4 aromatic rings. The van der Waals surface area contributed by atoms with E-state index in [1.807, 2.05) is 53.2 Å². The van der Waals surface area contributed by atoms with Crippen molar-refractivity contribution in [2.24, 2.45) is 0 Å². The molecule has 6 nitrogen and oxygen atoms in total. The molecule has 0 radical (unpaired) electrons. The second-order valence-corrected chi connectivity index (χ2v) is 6.98. The lowest BCUT2D eigenvalue weighted by atomic mass is 10.1. The molecule has 0 fully saturated rings. The molecule has 0 spiro atoms. The summed E-state index contributed by atoms with van der Waals surface area (Å²) in [4.78, 5) is 24.5. The minimum Gasteiger partial charge on any atom is -0.454 e. The number of nitrogens with zero attached hydrogens (tertiary/aromatic N) is 3. The Morgan fingerprint density at radius 2 is 1.53 bits per heavy atom. The summed E-state index contributed by atoms with van der Waals surface area (Å²) in [6.07, 6.45) is 0.909. The Morgan fingerprint density at radius 1 is 0.867 bits per heavy atom. The lowest BCUT2D eigenvalue weighted by Gasteiger charge is -2.07.